The van der Waals surface area contributed by atoms with Gasteiger partial charge in [0.25, 0.3) is 10.0 Å². The number of hydrogen-bond acceptors (Lipinski definition) is 7. The van der Waals surface area contributed by atoms with Crippen molar-refractivity contribution in [2.75, 3.05) is 6.61 Å². The average molecular weight is 525 g/mol. The average Bonchev–Trinajstić information content (AvgIpc) is 3.52. The first kappa shape index (κ1) is 24.2. The highest BCUT2D eigenvalue weighted by Gasteiger charge is 2.30. The van der Waals surface area contributed by atoms with Gasteiger partial charge in [-0.05, 0) is 68.3 Å². The summed E-state index contributed by atoms with van der Waals surface area (Å²) >= 11 is 0. The molecule has 0 spiro atoms. The number of aromatic nitrogens is 2. The maximum Gasteiger partial charge on any atom is 0.339 e. The zero-order valence-electron chi connectivity index (χ0n) is 19.4. The maximum atomic E-state index is 13.8. The molecular weight excluding hydrogens is 500 g/mol. The third-order valence-corrected chi connectivity index (χ3v) is 8.83. The Morgan fingerprint density at radius 2 is 1.75 bits per heavy atom. The van der Waals surface area contributed by atoms with Gasteiger partial charge in [-0.25, -0.2) is 17.4 Å². The zero-order valence-corrected chi connectivity index (χ0v) is 21.1. The highest BCUT2D eigenvalue weighted by atomic mass is 32.2. The van der Waals surface area contributed by atoms with E-state index in [2.05, 4.69) is 4.98 Å². The molecule has 1 unspecified atom stereocenters. The molecule has 1 aliphatic heterocycles. The molecule has 2 aromatic heterocycles. The van der Waals surface area contributed by atoms with Crippen LogP contribution < -0.4 is 0 Å². The van der Waals surface area contributed by atoms with E-state index in [0.29, 0.717) is 18.4 Å². The summed E-state index contributed by atoms with van der Waals surface area (Å²) in [5.41, 5.74) is 1.09. The van der Waals surface area contributed by atoms with Crippen molar-refractivity contribution in [3.05, 3.63) is 96.3 Å². The van der Waals surface area contributed by atoms with Crippen molar-refractivity contribution in [2.24, 2.45) is 0 Å². The predicted molar refractivity (Wildman–Crippen MR) is 135 cm³/mol. The molecule has 1 fully saturated rings. The molecule has 8 nitrogen and oxygen atoms in total. The third-order valence-electron chi connectivity index (χ3n) is 5.87. The van der Waals surface area contributed by atoms with E-state index in [1.54, 1.807) is 48.5 Å². The number of fused-ring (bicyclic) bond motifs is 1. The van der Waals surface area contributed by atoms with Crippen LogP contribution in [0.25, 0.3) is 16.8 Å². The molecule has 0 N–H and O–H groups in total. The van der Waals surface area contributed by atoms with E-state index in [0.717, 1.165) is 16.0 Å². The highest BCUT2D eigenvalue weighted by molar-refractivity contribution is 7.90. The second-order valence-corrected chi connectivity index (χ2v) is 11.8. The minimum absolute atomic E-state index is 0.0345. The minimum atomic E-state index is -4.28. The van der Waals surface area contributed by atoms with Gasteiger partial charge in [0.1, 0.15) is 10.6 Å². The molecule has 0 aliphatic carbocycles. The summed E-state index contributed by atoms with van der Waals surface area (Å²) in [6, 6.07) is 19.1. The van der Waals surface area contributed by atoms with E-state index >= 15 is 0 Å². The lowest BCUT2D eigenvalue weighted by atomic mass is 10.2. The van der Waals surface area contributed by atoms with Crippen molar-refractivity contribution < 1.29 is 25.8 Å². The van der Waals surface area contributed by atoms with Crippen LogP contribution in [0.3, 0.4) is 0 Å². The second kappa shape index (κ2) is 9.53. The van der Waals surface area contributed by atoms with Crippen LogP contribution in [-0.4, -0.2) is 38.5 Å². The molecule has 1 atom stereocenters. The van der Waals surface area contributed by atoms with Crippen molar-refractivity contribution in [3.63, 3.8) is 0 Å². The normalized spacial score (nSPS) is 16.9. The Labute approximate surface area is 210 Å². The highest BCUT2D eigenvalue weighted by Crippen LogP contribution is 2.33. The monoisotopic (exact) mass is 524 g/mol. The van der Waals surface area contributed by atoms with E-state index < -0.39 is 26.2 Å². The maximum absolute atomic E-state index is 13.8. The van der Waals surface area contributed by atoms with E-state index in [1.165, 1.54) is 36.5 Å². The molecular formula is C26H24N2O6S2. The number of pyridine rings is 1. The van der Waals surface area contributed by atoms with Crippen LogP contribution >= 0.6 is 0 Å². The van der Waals surface area contributed by atoms with Crippen LogP contribution in [0.2, 0.25) is 0 Å². The van der Waals surface area contributed by atoms with Gasteiger partial charge in [0.2, 0.25) is 0 Å². The van der Waals surface area contributed by atoms with Crippen LogP contribution in [0, 0.1) is 6.92 Å². The summed E-state index contributed by atoms with van der Waals surface area (Å²) in [5.74, 6) is -0.139. The van der Waals surface area contributed by atoms with Crippen LogP contribution in [0.4, 0.5) is 0 Å². The van der Waals surface area contributed by atoms with E-state index in [9.17, 15) is 16.8 Å². The minimum Gasteiger partial charge on any atom is -0.377 e. The summed E-state index contributed by atoms with van der Waals surface area (Å²) in [6.45, 7) is 2.37. The molecule has 1 aliphatic rings. The first-order valence-electron chi connectivity index (χ1n) is 11.4. The lowest BCUT2D eigenvalue weighted by molar-refractivity contribution is 0.145. The lowest BCUT2D eigenvalue weighted by Gasteiger charge is -2.16. The summed E-state index contributed by atoms with van der Waals surface area (Å²) < 4.78 is 66.5. The molecule has 4 aromatic rings. The molecule has 2 aromatic carbocycles. The van der Waals surface area contributed by atoms with Crippen LogP contribution in [0.15, 0.2) is 94.9 Å². The summed E-state index contributed by atoms with van der Waals surface area (Å²) in [4.78, 5) is 4.28. The van der Waals surface area contributed by atoms with Crippen molar-refractivity contribution in [1.82, 2.24) is 8.96 Å². The Hall–Kier alpha value is -3.47. The van der Waals surface area contributed by atoms with Crippen molar-refractivity contribution in [2.45, 2.75) is 35.7 Å². The largest absolute Gasteiger partial charge is 0.377 e. The van der Waals surface area contributed by atoms with Gasteiger partial charge in [0.05, 0.1) is 11.0 Å². The molecule has 1 saturated heterocycles. The van der Waals surface area contributed by atoms with Gasteiger partial charge in [-0.1, -0.05) is 35.9 Å². The number of nitrogens with zero attached hydrogens (tertiary/aromatic N) is 2. The van der Waals surface area contributed by atoms with Gasteiger partial charge in [-0.3, -0.25) is 0 Å². The molecule has 3 heterocycles. The molecule has 186 valence electrons. The Bertz CT molecular complexity index is 1640. The fourth-order valence-corrected chi connectivity index (χ4v) is 6.49. The Kier molecular flexibility index (Phi) is 6.42. The number of aryl methyl sites for hydroxylation is 1. The molecule has 0 amide bonds. The molecule has 36 heavy (non-hydrogen) atoms. The molecule has 0 saturated carbocycles. The number of hydrogen-bond donors (Lipinski definition) is 0. The number of benzene rings is 2. The zero-order chi connectivity index (χ0) is 25.3. The van der Waals surface area contributed by atoms with E-state index in [-0.39, 0.29) is 26.9 Å². The lowest BCUT2D eigenvalue weighted by Crippen LogP contribution is -2.18. The molecule has 10 heteroatoms. The fraction of sp³-hybridized carbons (Fsp3) is 0.192. The summed E-state index contributed by atoms with van der Waals surface area (Å²) in [6.07, 6.45) is 4.04. The fourth-order valence-electron chi connectivity index (χ4n) is 4.05. The third kappa shape index (κ3) is 4.67. The first-order chi connectivity index (χ1) is 17.3. The van der Waals surface area contributed by atoms with Crippen LogP contribution in [0.1, 0.15) is 24.1 Å². The van der Waals surface area contributed by atoms with Gasteiger partial charge >= 0.3 is 10.1 Å². The SMILES string of the molecule is Cc1ccc(S(=O)(=O)O/C(=C\C2CCCO2)c2cc3cccnc3n2S(=O)(=O)c2ccccc2)cc1. The summed E-state index contributed by atoms with van der Waals surface area (Å²) in [5, 5.41) is 0.515. The van der Waals surface area contributed by atoms with Crippen molar-refractivity contribution in [1.29, 1.82) is 0 Å². The van der Waals surface area contributed by atoms with Crippen LogP contribution in [0.5, 0.6) is 0 Å². The first-order valence-corrected chi connectivity index (χ1v) is 14.2. The van der Waals surface area contributed by atoms with E-state index in [4.69, 9.17) is 8.92 Å². The Balaban J connectivity index is 1.71. The van der Waals surface area contributed by atoms with Crippen LogP contribution in [-0.2, 0) is 29.1 Å². The number of ether oxygens (including phenoxy) is 1. The second-order valence-electron chi connectivity index (χ2n) is 8.46. The Morgan fingerprint density at radius 1 is 1.00 bits per heavy atom. The van der Waals surface area contributed by atoms with E-state index in [1.807, 2.05) is 6.92 Å². The van der Waals surface area contributed by atoms with Gasteiger partial charge in [-0.15, -0.1) is 0 Å². The van der Waals surface area contributed by atoms with Gasteiger partial charge < -0.3 is 8.92 Å². The summed E-state index contributed by atoms with van der Waals surface area (Å²) in [7, 11) is -8.44. The Morgan fingerprint density at radius 3 is 2.44 bits per heavy atom. The van der Waals surface area contributed by atoms with Gasteiger partial charge in [0, 0.05) is 18.2 Å². The standard InChI is InChI=1S/C26H24N2O6S2/c1-19-11-13-23(14-12-19)36(31,32)34-25(18-21-8-6-16-33-21)24-17-20-7-5-15-27-26(20)28(24)35(29,30)22-9-3-2-4-10-22/h2-5,7,9-15,17-18,21H,6,8,16H2,1H3/b25-18-. The topological polar surface area (TPSA) is 105 Å². The quantitative estimate of drug-likeness (QED) is 0.259. The number of rotatable bonds is 7. The van der Waals surface area contributed by atoms with Gasteiger partial charge in [0.15, 0.2) is 11.4 Å². The predicted octanol–water partition coefficient (Wildman–Crippen LogP) is 4.51. The van der Waals surface area contributed by atoms with Crippen molar-refractivity contribution >= 4 is 36.9 Å². The molecule has 5 rings (SSSR count). The van der Waals surface area contributed by atoms with Crippen molar-refractivity contribution in [3.8, 4) is 0 Å². The molecule has 0 radical (unpaired) electrons. The van der Waals surface area contributed by atoms with Gasteiger partial charge in [-0.2, -0.15) is 8.42 Å². The smallest absolute Gasteiger partial charge is 0.339 e. The molecule has 0 bridgehead atoms.